The van der Waals surface area contributed by atoms with Crippen molar-refractivity contribution in [2.45, 2.75) is 25.0 Å². The van der Waals surface area contributed by atoms with E-state index in [1.807, 2.05) is 41.3 Å². The summed E-state index contributed by atoms with van der Waals surface area (Å²) < 4.78 is 11.0. The molecular formula is C24H24N4O4. The smallest absolute Gasteiger partial charge is 0.324 e. The fourth-order valence-electron chi connectivity index (χ4n) is 4.68. The monoisotopic (exact) mass is 432 g/mol. The number of fused-ring (bicyclic) bond motifs is 4. The number of piperidine rings is 1. The predicted octanol–water partition coefficient (Wildman–Crippen LogP) is 4.19. The fraction of sp³-hybridized carbons (Fsp3) is 0.292. The van der Waals surface area contributed by atoms with Crippen LogP contribution in [0.2, 0.25) is 0 Å². The second kappa shape index (κ2) is 8.12. The number of hydrogen-bond acceptors (Lipinski definition) is 5. The predicted molar refractivity (Wildman–Crippen MR) is 121 cm³/mol. The first-order valence-electron chi connectivity index (χ1n) is 10.6. The van der Waals surface area contributed by atoms with E-state index in [4.69, 9.17) is 9.47 Å². The molecule has 0 aliphatic carbocycles. The summed E-state index contributed by atoms with van der Waals surface area (Å²) in [5, 5.41) is 6.57. The highest BCUT2D eigenvalue weighted by atomic mass is 16.5. The molecule has 2 aromatic carbocycles. The van der Waals surface area contributed by atoms with Crippen LogP contribution in [0.3, 0.4) is 0 Å². The van der Waals surface area contributed by atoms with Gasteiger partial charge in [0.05, 0.1) is 24.8 Å². The molecule has 3 aromatic rings. The molecule has 2 aliphatic heterocycles. The van der Waals surface area contributed by atoms with Crippen molar-refractivity contribution in [3.8, 4) is 5.75 Å². The van der Waals surface area contributed by atoms with Gasteiger partial charge in [-0.1, -0.05) is 18.2 Å². The maximum absolute atomic E-state index is 12.9. The first-order valence-corrected chi connectivity index (χ1v) is 10.6. The van der Waals surface area contributed by atoms with E-state index in [2.05, 4.69) is 15.6 Å². The Balaban J connectivity index is 1.41. The molecule has 1 saturated heterocycles. The largest absolute Gasteiger partial charge is 0.496 e. The number of methoxy groups -OCH3 is 2. The first-order chi connectivity index (χ1) is 15.6. The van der Waals surface area contributed by atoms with Crippen LogP contribution in [0, 0.1) is 0 Å². The zero-order chi connectivity index (χ0) is 22.2. The Labute approximate surface area is 185 Å². The third-order valence-electron chi connectivity index (χ3n) is 6.21. The molecule has 8 heteroatoms. The van der Waals surface area contributed by atoms with Crippen molar-refractivity contribution < 1.29 is 19.1 Å². The highest BCUT2D eigenvalue weighted by Crippen LogP contribution is 2.44. The van der Waals surface area contributed by atoms with E-state index in [-0.39, 0.29) is 18.1 Å². The van der Waals surface area contributed by atoms with Gasteiger partial charge in [0, 0.05) is 41.9 Å². The van der Waals surface area contributed by atoms with Crippen molar-refractivity contribution in [3.63, 3.8) is 0 Å². The number of urea groups is 1. The van der Waals surface area contributed by atoms with Crippen molar-refractivity contribution in [1.82, 2.24) is 9.88 Å². The molecule has 3 heterocycles. The van der Waals surface area contributed by atoms with E-state index in [0.29, 0.717) is 35.8 Å². The molecule has 0 bridgehead atoms. The van der Waals surface area contributed by atoms with Gasteiger partial charge in [0.2, 0.25) is 0 Å². The quantitative estimate of drug-likeness (QED) is 0.645. The number of carbonyl (C=O) groups excluding carboxylic acids is 2. The van der Waals surface area contributed by atoms with Crippen LogP contribution in [0.1, 0.15) is 34.8 Å². The number of pyridine rings is 1. The van der Waals surface area contributed by atoms with Gasteiger partial charge in [-0.2, -0.15) is 0 Å². The zero-order valence-corrected chi connectivity index (χ0v) is 17.9. The average Bonchev–Trinajstić information content (AvgIpc) is 3.10. The first kappa shape index (κ1) is 20.3. The Hall–Kier alpha value is -3.65. The standard InChI is InChI=1S/C24H24N4O4/c1-31-14-10-11-28-19(12-14)22-16(23(28)29)7-5-9-18(22)26-24(30)27-21-13-20(32-2)15-6-3-4-8-17(15)25-21/h3-9,13-14,19H,10-12H2,1-2H3,(H2,25,26,27,30). The summed E-state index contributed by atoms with van der Waals surface area (Å²) in [6.07, 6.45) is 1.61. The Kier molecular flexibility index (Phi) is 5.14. The molecule has 3 amide bonds. The average molecular weight is 432 g/mol. The fourth-order valence-corrected chi connectivity index (χ4v) is 4.68. The molecule has 2 atom stereocenters. The second-order valence-corrected chi connectivity index (χ2v) is 7.97. The number of hydrogen-bond donors (Lipinski definition) is 2. The molecule has 0 saturated carbocycles. The SMILES string of the molecule is COc1cc(NC(=O)Nc2cccc3c2C2CC(OC)CCN2C3=O)nc2ccccc12. The highest BCUT2D eigenvalue weighted by molar-refractivity contribution is 6.05. The molecule has 5 rings (SSSR count). The lowest BCUT2D eigenvalue weighted by Crippen LogP contribution is -2.38. The molecule has 0 spiro atoms. The van der Waals surface area contributed by atoms with E-state index < -0.39 is 6.03 Å². The normalized spacial score (nSPS) is 19.4. The minimum absolute atomic E-state index is 0.00421. The molecule has 2 N–H and O–H groups in total. The number of ether oxygens (including phenoxy) is 2. The summed E-state index contributed by atoms with van der Waals surface area (Å²) in [4.78, 5) is 32.1. The number of amides is 3. The number of benzene rings is 2. The molecule has 8 nitrogen and oxygen atoms in total. The molecule has 1 aromatic heterocycles. The summed E-state index contributed by atoms with van der Waals surface area (Å²) in [5.74, 6) is 1.01. The van der Waals surface area contributed by atoms with E-state index >= 15 is 0 Å². The van der Waals surface area contributed by atoms with Crippen LogP contribution in [0.4, 0.5) is 16.3 Å². The number of nitrogens with zero attached hydrogens (tertiary/aromatic N) is 2. The summed E-state index contributed by atoms with van der Waals surface area (Å²) in [5.41, 5.74) is 2.82. The van der Waals surface area contributed by atoms with Gasteiger partial charge in [0.1, 0.15) is 11.6 Å². The lowest BCUT2D eigenvalue weighted by atomic mass is 9.94. The van der Waals surface area contributed by atoms with Crippen LogP contribution in [0.15, 0.2) is 48.5 Å². The van der Waals surface area contributed by atoms with E-state index in [0.717, 1.165) is 22.9 Å². The van der Waals surface area contributed by atoms with Gasteiger partial charge in [-0.05, 0) is 37.1 Å². The van der Waals surface area contributed by atoms with Gasteiger partial charge in [0.15, 0.2) is 0 Å². The van der Waals surface area contributed by atoms with Crippen LogP contribution < -0.4 is 15.4 Å². The zero-order valence-electron chi connectivity index (χ0n) is 17.9. The molecule has 2 aliphatic rings. The molecule has 2 unspecified atom stereocenters. The van der Waals surface area contributed by atoms with Crippen LogP contribution in [0.25, 0.3) is 10.9 Å². The van der Waals surface area contributed by atoms with Crippen LogP contribution in [-0.2, 0) is 4.74 Å². The minimum Gasteiger partial charge on any atom is -0.496 e. The van der Waals surface area contributed by atoms with Crippen molar-refractivity contribution in [3.05, 3.63) is 59.7 Å². The number of anilines is 2. The summed E-state index contributed by atoms with van der Waals surface area (Å²) in [6.45, 7) is 0.642. The van der Waals surface area contributed by atoms with Crippen LogP contribution in [-0.4, -0.2) is 48.7 Å². The molecule has 0 radical (unpaired) electrons. The Bertz CT molecular complexity index is 1210. The number of rotatable bonds is 4. The summed E-state index contributed by atoms with van der Waals surface area (Å²) >= 11 is 0. The lowest BCUT2D eigenvalue weighted by Gasteiger charge is -2.35. The van der Waals surface area contributed by atoms with E-state index in [1.165, 1.54) is 0 Å². The van der Waals surface area contributed by atoms with Gasteiger partial charge in [0.25, 0.3) is 5.91 Å². The van der Waals surface area contributed by atoms with Gasteiger partial charge in [-0.15, -0.1) is 0 Å². The van der Waals surface area contributed by atoms with Crippen LogP contribution in [0.5, 0.6) is 5.75 Å². The summed E-state index contributed by atoms with van der Waals surface area (Å²) in [7, 11) is 3.28. The van der Waals surface area contributed by atoms with Crippen molar-refractivity contribution >= 4 is 34.3 Å². The maximum atomic E-state index is 12.9. The maximum Gasteiger partial charge on any atom is 0.324 e. The van der Waals surface area contributed by atoms with Crippen molar-refractivity contribution in [2.75, 3.05) is 31.4 Å². The third kappa shape index (κ3) is 3.42. The van der Waals surface area contributed by atoms with Gasteiger partial charge in [-0.25, -0.2) is 9.78 Å². The van der Waals surface area contributed by atoms with E-state index in [1.54, 1.807) is 26.4 Å². The molecular weight excluding hydrogens is 408 g/mol. The molecule has 1 fully saturated rings. The number of para-hydroxylation sites is 1. The van der Waals surface area contributed by atoms with Gasteiger partial charge >= 0.3 is 6.03 Å². The van der Waals surface area contributed by atoms with Gasteiger partial charge in [-0.3, -0.25) is 10.1 Å². The topological polar surface area (TPSA) is 92.8 Å². The minimum atomic E-state index is -0.437. The Morgan fingerprint density at radius 3 is 2.78 bits per heavy atom. The summed E-state index contributed by atoms with van der Waals surface area (Å²) in [6, 6.07) is 14.1. The number of aromatic nitrogens is 1. The number of carbonyl (C=O) groups is 2. The number of nitrogens with one attached hydrogen (secondary N) is 2. The highest BCUT2D eigenvalue weighted by Gasteiger charge is 2.42. The third-order valence-corrected chi connectivity index (χ3v) is 6.21. The Morgan fingerprint density at radius 1 is 1.12 bits per heavy atom. The van der Waals surface area contributed by atoms with Crippen molar-refractivity contribution in [2.24, 2.45) is 0 Å². The Morgan fingerprint density at radius 2 is 1.97 bits per heavy atom. The van der Waals surface area contributed by atoms with Crippen LogP contribution >= 0.6 is 0 Å². The second-order valence-electron chi connectivity index (χ2n) is 7.97. The van der Waals surface area contributed by atoms with Gasteiger partial charge < -0.3 is 19.7 Å². The van der Waals surface area contributed by atoms with E-state index in [9.17, 15) is 9.59 Å². The lowest BCUT2D eigenvalue weighted by molar-refractivity contribution is 0.0172. The molecule has 164 valence electrons. The molecule has 32 heavy (non-hydrogen) atoms. The van der Waals surface area contributed by atoms with Crippen molar-refractivity contribution in [1.29, 1.82) is 0 Å².